The van der Waals surface area contributed by atoms with Gasteiger partial charge >= 0.3 is 0 Å². The second-order valence-electron chi connectivity index (χ2n) is 8.58. The average Bonchev–Trinajstić information content (AvgIpc) is 3.33. The number of ether oxygens (including phenoxy) is 1. The molecule has 2 heterocycles. The number of nitrogens with zero attached hydrogens (tertiary/aromatic N) is 2. The van der Waals surface area contributed by atoms with Gasteiger partial charge in [0.15, 0.2) is 0 Å². The molecule has 0 bridgehead atoms. The Labute approximate surface area is 184 Å². The highest BCUT2D eigenvalue weighted by Gasteiger charge is 2.32. The maximum absolute atomic E-state index is 13.5. The fourth-order valence-corrected chi connectivity index (χ4v) is 6.12. The molecule has 0 spiro atoms. The van der Waals surface area contributed by atoms with Gasteiger partial charge in [0.05, 0.1) is 7.11 Å². The second-order valence-corrected chi connectivity index (χ2v) is 10.5. The van der Waals surface area contributed by atoms with Crippen LogP contribution in [0.5, 0.6) is 5.75 Å². The molecule has 2 aromatic rings. The number of carbonyl (C=O) groups excluding carboxylic acids is 1. The van der Waals surface area contributed by atoms with Gasteiger partial charge in [-0.2, -0.15) is 4.31 Å². The first-order valence-electron chi connectivity index (χ1n) is 11.0. The Balaban J connectivity index is 1.70. The van der Waals surface area contributed by atoms with Gasteiger partial charge in [-0.15, -0.1) is 0 Å². The number of hydrogen-bond acceptors (Lipinski definition) is 4. The molecule has 0 saturated carbocycles. The van der Waals surface area contributed by atoms with Crippen molar-refractivity contribution >= 4 is 21.6 Å². The normalized spacial score (nSPS) is 17.1. The molecule has 6 nitrogen and oxygen atoms in total. The summed E-state index contributed by atoms with van der Waals surface area (Å²) in [4.78, 5) is 15.3. The van der Waals surface area contributed by atoms with E-state index in [1.54, 1.807) is 17.0 Å². The van der Waals surface area contributed by atoms with Gasteiger partial charge < -0.3 is 9.64 Å². The Morgan fingerprint density at radius 2 is 1.74 bits per heavy atom. The lowest BCUT2D eigenvalue weighted by atomic mass is 9.94. The molecular weight excluding hydrogens is 412 g/mol. The summed E-state index contributed by atoms with van der Waals surface area (Å²) >= 11 is 0. The van der Waals surface area contributed by atoms with Gasteiger partial charge in [-0.3, -0.25) is 4.79 Å². The van der Waals surface area contributed by atoms with Gasteiger partial charge in [0, 0.05) is 30.9 Å². The summed E-state index contributed by atoms with van der Waals surface area (Å²) in [6.45, 7) is 5.94. The van der Waals surface area contributed by atoms with Crippen molar-refractivity contribution in [3.05, 3.63) is 53.1 Å². The van der Waals surface area contributed by atoms with E-state index < -0.39 is 10.0 Å². The van der Waals surface area contributed by atoms with Crippen LogP contribution in [0, 0.1) is 0 Å². The molecule has 0 aliphatic carbocycles. The van der Waals surface area contributed by atoms with Gasteiger partial charge in [0.1, 0.15) is 10.6 Å². The molecule has 0 atom stereocenters. The Morgan fingerprint density at radius 3 is 2.42 bits per heavy atom. The van der Waals surface area contributed by atoms with Crippen molar-refractivity contribution in [2.24, 2.45) is 0 Å². The molecular formula is C24H30N2O4S. The van der Waals surface area contributed by atoms with E-state index in [0.29, 0.717) is 31.1 Å². The summed E-state index contributed by atoms with van der Waals surface area (Å²) in [6, 6.07) is 11.0. The average molecular weight is 443 g/mol. The SMILES string of the molecule is COc1ccc(C(=O)N2CCCc3cc(C(C)C)ccc32)cc1S(=O)(=O)N1CCCC1. The number of sulfonamides is 1. The van der Waals surface area contributed by atoms with E-state index in [1.165, 1.54) is 28.6 Å². The van der Waals surface area contributed by atoms with Crippen molar-refractivity contribution in [1.29, 1.82) is 0 Å². The van der Waals surface area contributed by atoms with E-state index in [0.717, 1.165) is 31.4 Å². The van der Waals surface area contributed by atoms with Gasteiger partial charge in [-0.1, -0.05) is 26.0 Å². The summed E-state index contributed by atoms with van der Waals surface area (Å²) in [5.41, 5.74) is 3.71. The van der Waals surface area contributed by atoms with E-state index in [4.69, 9.17) is 4.74 Å². The van der Waals surface area contributed by atoms with Crippen LogP contribution >= 0.6 is 0 Å². The minimum absolute atomic E-state index is 0.0649. The zero-order chi connectivity index (χ0) is 22.2. The molecule has 2 aliphatic rings. The van der Waals surface area contributed by atoms with Crippen molar-refractivity contribution < 1.29 is 17.9 Å². The van der Waals surface area contributed by atoms with Gasteiger partial charge in [-0.25, -0.2) is 8.42 Å². The number of anilines is 1. The highest BCUT2D eigenvalue weighted by atomic mass is 32.2. The fraction of sp³-hybridized carbons (Fsp3) is 0.458. The van der Waals surface area contributed by atoms with Gasteiger partial charge in [0.2, 0.25) is 10.0 Å². The van der Waals surface area contributed by atoms with Crippen LogP contribution in [0.1, 0.15) is 60.5 Å². The number of amides is 1. The molecule has 0 N–H and O–H groups in total. The summed E-state index contributed by atoms with van der Waals surface area (Å²) in [5, 5.41) is 0. The molecule has 2 aliphatic heterocycles. The minimum Gasteiger partial charge on any atom is -0.495 e. The van der Waals surface area contributed by atoms with Crippen LogP contribution in [0.4, 0.5) is 5.69 Å². The predicted molar refractivity (Wildman–Crippen MR) is 122 cm³/mol. The summed E-state index contributed by atoms with van der Waals surface area (Å²) in [6.07, 6.45) is 3.53. The Morgan fingerprint density at radius 1 is 1.00 bits per heavy atom. The maximum atomic E-state index is 13.5. The first-order valence-corrected chi connectivity index (χ1v) is 12.4. The van der Waals surface area contributed by atoms with Gasteiger partial charge in [0.25, 0.3) is 5.91 Å². The third-order valence-electron chi connectivity index (χ3n) is 6.23. The Kier molecular flexibility index (Phi) is 6.08. The first kappa shape index (κ1) is 21.8. The zero-order valence-corrected chi connectivity index (χ0v) is 19.2. The number of rotatable bonds is 5. The van der Waals surface area contributed by atoms with E-state index in [1.807, 2.05) is 6.07 Å². The number of fused-ring (bicyclic) bond motifs is 1. The third kappa shape index (κ3) is 4.08. The number of hydrogen-bond donors (Lipinski definition) is 0. The van der Waals surface area contributed by atoms with Crippen LogP contribution in [-0.2, 0) is 16.4 Å². The van der Waals surface area contributed by atoms with E-state index in [2.05, 4.69) is 26.0 Å². The van der Waals surface area contributed by atoms with Crippen LogP contribution < -0.4 is 9.64 Å². The topological polar surface area (TPSA) is 66.9 Å². The molecule has 1 saturated heterocycles. The smallest absolute Gasteiger partial charge is 0.258 e. The summed E-state index contributed by atoms with van der Waals surface area (Å²) in [5.74, 6) is 0.513. The van der Waals surface area contributed by atoms with Gasteiger partial charge in [-0.05, 0) is 67.0 Å². The highest BCUT2D eigenvalue weighted by molar-refractivity contribution is 7.89. The molecule has 2 aromatic carbocycles. The molecule has 31 heavy (non-hydrogen) atoms. The standard InChI is InChI=1S/C24H30N2O4S/c1-17(2)18-8-10-21-19(15-18)7-6-14-26(21)24(27)20-9-11-22(30-3)23(16-20)31(28,29)25-12-4-5-13-25/h8-11,15-17H,4-7,12-14H2,1-3H3. The highest BCUT2D eigenvalue weighted by Crippen LogP contribution is 2.34. The van der Waals surface area contributed by atoms with Crippen molar-refractivity contribution in [3.8, 4) is 5.75 Å². The number of benzene rings is 2. The molecule has 1 amide bonds. The summed E-state index contributed by atoms with van der Waals surface area (Å²) < 4.78 is 33.2. The molecule has 7 heteroatoms. The van der Waals surface area contributed by atoms with E-state index in [9.17, 15) is 13.2 Å². The van der Waals surface area contributed by atoms with Crippen molar-refractivity contribution in [2.45, 2.75) is 50.3 Å². The van der Waals surface area contributed by atoms with Crippen molar-refractivity contribution in [2.75, 3.05) is 31.6 Å². The lowest BCUT2D eigenvalue weighted by molar-refractivity contribution is 0.0985. The lowest BCUT2D eigenvalue weighted by Gasteiger charge is -2.30. The monoisotopic (exact) mass is 442 g/mol. The maximum Gasteiger partial charge on any atom is 0.258 e. The second kappa shape index (κ2) is 8.63. The molecule has 166 valence electrons. The zero-order valence-electron chi connectivity index (χ0n) is 18.4. The lowest BCUT2D eigenvalue weighted by Crippen LogP contribution is -2.36. The van der Waals surface area contributed by atoms with Crippen LogP contribution in [0.15, 0.2) is 41.3 Å². The van der Waals surface area contributed by atoms with E-state index >= 15 is 0 Å². The number of carbonyl (C=O) groups is 1. The van der Waals surface area contributed by atoms with Crippen LogP contribution in [0.25, 0.3) is 0 Å². The molecule has 0 radical (unpaired) electrons. The molecule has 4 rings (SSSR count). The number of methoxy groups -OCH3 is 1. The van der Waals surface area contributed by atoms with Crippen LogP contribution in [-0.4, -0.2) is 45.4 Å². The predicted octanol–water partition coefficient (Wildman–Crippen LogP) is 4.20. The quantitative estimate of drug-likeness (QED) is 0.696. The first-order chi connectivity index (χ1) is 14.8. The van der Waals surface area contributed by atoms with Crippen molar-refractivity contribution in [1.82, 2.24) is 4.31 Å². The van der Waals surface area contributed by atoms with Crippen LogP contribution in [0.2, 0.25) is 0 Å². The Hall–Kier alpha value is -2.38. The third-order valence-corrected chi connectivity index (χ3v) is 8.15. The fourth-order valence-electron chi connectivity index (χ4n) is 4.42. The number of aryl methyl sites for hydroxylation is 1. The molecule has 1 fully saturated rings. The van der Waals surface area contributed by atoms with Crippen LogP contribution in [0.3, 0.4) is 0 Å². The Bertz CT molecular complexity index is 1090. The molecule has 0 unspecified atom stereocenters. The van der Waals surface area contributed by atoms with Crippen molar-refractivity contribution in [3.63, 3.8) is 0 Å². The molecule has 0 aromatic heterocycles. The largest absolute Gasteiger partial charge is 0.495 e. The minimum atomic E-state index is -3.71. The summed E-state index contributed by atoms with van der Waals surface area (Å²) in [7, 11) is -2.25. The van der Waals surface area contributed by atoms with E-state index in [-0.39, 0.29) is 16.6 Å².